The van der Waals surface area contributed by atoms with E-state index in [0.717, 1.165) is 4.88 Å². The van der Waals surface area contributed by atoms with Gasteiger partial charge in [-0.1, -0.05) is 0 Å². The van der Waals surface area contributed by atoms with Gasteiger partial charge in [0, 0.05) is 18.3 Å². The predicted molar refractivity (Wildman–Crippen MR) is 90.2 cm³/mol. The fraction of sp³-hybridized carbons (Fsp3) is 0.467. The van der Waals surface area contributed by atoms with Crippen molar-refractivity contribution in [1.29, 1.82) is 0 Å². The third-order valence-electron chi connectivity index (χ3n) is 3.11. The largest absolute Gasteiger partial charge is 0.449 e. The molecule has 24 heavy (non-hydrogen) atoms. The highest BCUT2D eigenvalue weighted by molar-refractivity contribution is 7.16. The quantitative estimate of drug-likeness (QED) is 0.696. The summed E-state index contributed by atoms with van der Waals surface area (Å²) in [7, 11) is 0. The molecule has 0 fully saturated rings. The van der Waals surface area contributed by atoms with Crippen molar-refractivity contribution in [1.82, 2.24) is 10.6 Å². The molecule has 3 N–H and O–H groups in total. The van der Waals surface area contributed by atoms with Crippen LogP contribution in [0.2, 0.25) is 0 Å². The first-order valence-electron chi connectivity index (χ1n) is 7.34. The van der Waals surface area contributed by atoms with Crippen molar-refractivity contribution in [2.75, 3.05) is 11.9 Å². The van der Waals surface area contributed by atoms with Gasteiger partial charge in [0.25, 0.3) is 5.91 Å². The Kier molecular flexibility index (Phi) is 6.90. The topological polar surface area (TPSA) is 114 Å². The lowest BCUT2D eigenvalue weighted by atomic mass is 10.1. The predicted octanol–water partition coefficient (Wildman–Crippen LogP) is 1.71. The Morgan fingerprint density at radius 3 is 2.38 bits per heavy atom. The van der Waals surface area contributed by atoms with Gasteiger partial charge in [0.1, 0.15) is 5.00 Å². The number of esters is 1. The van der Waals surface area contributed by atoms with E-state index in [9.17, 15) is 19.2 Å². The van der Waals surface area contributed by atoms with Crippen LogP contribution in [0.25, 0.3) is 0 Å². The molecule has 4 amide bonds. The molecule has 0 unspecified atom stereocenters. The molecule has 0 saturated carbocycles. The number of hydrogen-bond acceptors (Lipinski definition) is 6. The van der Waals surface area contributed by atoms with Gasteiger partial charge in [0.05, 0.1) is 5.56 Å². The van der Waals surface area contributed by atoms with E-state index < -0.39 is 24.0 Å². The van der Waals surface area contributed by atoms with E-state index in [0.29, 0.717) is 17.1 Å². The van der Waals surface area contributed by atoms with Crippen molar-refractivity contribution >= 4 is 40.2 Å². The molecule has 1 heterocycles. The lowest BCUT2D eigenvalue weighted by molar-refractivity contribution is -0.128. The van der Waals surface area contributed by atoms with E-state index in [4.69, 9.17) is 4.74 Å². The second-order valence-electron chi connectivity index (χ2n) is 5.06. The molecular weight excluding hydrogens is 334 g/mol. The van der Waals surface area contributed by atoms with Crippen LogP contribution in [0.1, 0.15) is 41.6 Å². The third kappa shape index (κ3) is 5.05. The van der Waals surface area contributed by atoms with Crippen molar-refractivity contribution in [3.05, 3.63) is 16.0 Å². The Labute approximate surface area is 143 Å². The molecule has 1 aromatic heterocycles. The van der Waals surface area contributed by atoms with Gasteiger partial charge < -0.3 is 15.4 Å². The second-order valence-corrected chi connectivity index (χ2v) is 6.29. The number of rotatable bonds is 5. The van der Waals surface area contributed by atoms with E-state index >= 15 is 0 Å². The average Bonchev–Trinajstić information content (AvgIpc) is 2.72. The summed E-state index contributed by atoms with van der Waals surface area (Å²) >= 11 is 1.25. The highest BCUT2D eigenvalue weighted by Gasteiger charge is 2.26. The SMILES string of the molecule is CCNC(=O)NC(=O)[C@H](C)OC(=O)c1c(NC(C)=O)sc(C)c1C. The molecule has 0 saturated heterocycles. The van der Waals surface area contributed by atoms with E-state index in [1.807, 2.05) is 6.92 Å². The Bertz CT molecular complexity index is 668. The van der Waals surface area contributed by atoms with Gasteiger partial charge >= 0.3 is 12.0 Å². The zero-order valence-electron chi connectivity index (χ0n) is 14.2. The number of carbonyl (C=O) groups excluding carboxylic acids is 4. The summed E-state index contributed by atoms with van der Waals surface area (Å²) in [4.78, 5) is 47.6. The summed E-state index contributed by atoms with van der Waals surface area (Å²) in [6.07, 6.45) is -1.16. The van der Waals surface area contributed by atoms with Crippen LogP contribution >= 0.6 is 11.3 Å². The van der Waals surface area contributed by atoms with E-state index in [1.165, 1.54) is 25.2 Å². The number of amides is 4. The van der Waals surface area contributed by atoms with E-state index in [1.54, 1.807) is 13.8 Å². The van der Waals surface area contributed by atoms with Crippen molar-refractivity contribution in [3.63, 3.8) is 0 Å². The zero-order chi connectivity index (χ0) is 18.4. The first kappa shape index (κ1) is 19.6. The summed E-state index contributed by atoms with van der Waals surface area (Å²) < 4.78 is 5.12. The Hall–Kier alpha value is -2.42. The third-order valence-corrected chi connectivity index (χ3v) is 4.23. The maximum absolute atomic E-state index is 12.4. The maximum Gasteiger partial charge on any atom is 0.342 e. The minimum atomic E-state index is -1.16. The van der Waals surface area contributed by atoms with Crippen LogP contribution in [0.15, 0.2) is 0 Å². The highest BCUT2D eigenvalue weighted by Crippen LogP contribution is 2.33. The Balaban J connectivity index is 2.86. The molecule has 0 radical (unpaired) electrons. The van der Waals surface area contributed by atoms with Gasteiger partial charge in [-0.3, -0.25) is 14.9 Å². The molecule has 0 aliphatic carbocycles. The fourth-order valence-corrected chi connectivity index (χ4v) is 2.91. The van der Waals surface area contributed by atoms with Gasteiger partial charge in [-0.05, 0) is 33.3 Å². The fourth-order valence-electron chi connectivity index (χ4n) is 1.81. The molecule has 9 heteroatoms. The van der Waals surface area contributed by atoms with Crippen molar-refractivity contribution < 1.29 is 23.9 Å². The molecule has 1 atom stereocenters. The zero-order valence-corrected chi connectivity index (χ0v) is 15.1. The summed E-state index contributed by atoms with van der Waals surface area (Å²) in [6.45, 7) is 8.31. The molecule has 0 aliphatic rings. The first-order chi connectivity index (χ1) is 11.2. The van der Waals surface area contributed by atoms with Crippen LogP contribution in [0.3, 0.4) is 0 Å². The van der Waals surface area contributed by atoms with Crippen LogP contribution in [0.5, 0.6) is 0 Å². The molecule has 0 bridgehead atoms. The van der Waals surface area contributed by atoms with Gasteiger partial charge in [0.15, 0.2) is 6.10 Å². The normalized spacial score (nSPS) is 11.4. The number of imide groups is 1. The van der Waals surface area contributed by atoms with E-state index in [2.05, 4.69) is 16.0 Å². The summed E-state index contributed by atoms with van der Waals surface area (Å²) in [6, 6.07) is -0.660. The Morgan fingerprint density at radius 2 is 1.83 bits per heavy atom. The Morgan fingerprint density at radius 1 is 1.21 bits per heavy atom. The minimum Gasteiger partial charge on any atom is -0.449 e. The first-order valence-corrected chi connectivity index (χ1v) is 8.16. The van der Waals surface area contributed by atoms with Gasteiger partial charge in [0.2, 0.25) is 5.91 Å². The number of carbonyl (C=O) groups is 4. The number of ether oxygens (including phenoxy) is 1. The van der Waals surface area contributed by atoms with Crippen molar-refractivity contribution in [3.8, 4) is 0 Å². The van der Waals surface area contributed by atoms with Crippen LogP contribution in [0, 0.1) is 13.8 Å². The van der Waals surface area contributed by atoms with Crippen LogP contribution in [-0.4, -0.2) is 36.5 Å². The number of hydrogen-bond donors (Lipinski definition) is 3. The standard InChI is InChI=1S/C15H21N3O5S/c1-6-16-15(22)18-12(20)8(3)23-14(21)11-7(2)9(4)24-13(11)17-10(5)19/h8H,6H2,1-5H3,(H,17,19)(H2,16,18,20,22)/t8-/m0/s1. The van der Waals surface area contributed by atoms with Gasteiger partial charge in [-0.15, -0.1) is 11.3 Å². The van der Waals surface area contributed by atoms with Gasteiger partial charge in [-0.25, -0.2) is 9.59 Å². The van der Waals surface area contributed by atoms with Crippen molar-refractivity contribution in [2.24, 2.45) is 0 Å². The molecule has 0 aliphatic heterocycles. The molecule has 0 aromatic carbocycles. The number of thiophene rings is 1. The summed E-state index contributed by atoms with van der Waals surface area (Å²) in [5.74, 6) is -1.79. The molecule has 1 rings (SSSR count). The molecule has 0 spiro atoms. The smallest absolute Gasteiger partial charge is 0.342 e. The summed E-state index contributed by atoms with van der Waals surface area (Å²) in [5.41, 5.74) is 0.885. The molecular formula is C15H21N3O5S. The average molecular weight is 355 g/mol. The number of urea groups is 1. The minimum absolute atomic E-state index is 0.213. The lowest BCUT2D eigenvalue weighted by Crippen LogP contribution is -2.44. The number of anilines is 1. The van der Waals surface area contributed by atoms with Crippen LogP contribution in [0.4, 0.5) is 9.80 Å². The second kappa shape index (κ2) is 8.44. The molecule has 132 valence electrons. The number of nitrogens with one attached hydrogen (secondary N) is 3. The summed E-state index contributed by atoms with van der Waals surface area (Å²) in [5, 5.41) is 7.43. The lowest BCUT2D eigenvalue weighted by Gasteiger charge is -2.14. The molecule has 8 nitrogen and oxygen atoms in total. The van der Waals surface area contributed by atoms with E-state index in [-0.39, 0.29) is 11.5 Å². The molecule has 1 aromatic rings. The van der Waals surface area contributed by atoms with Crippen molar-refractivity contribution in [2.45, 2.75) is 40.7 Å². The monoisotopic (exact) mass is 355 g/mol. The van der Waals surface area contributed by atoms with Crippen LogP contribution in [-0.2, 0) is 14.3 Å². The number of aryl methyl sites for hydroxylation is 1. The van der Waals surface area contributed by atoms with Gasteiger partial charge in [-0.2, -0.15) is 0 Å². The maximum atomic E-state index is 12.4. The van der Waals surface area contributed by atoms with Crippen LogP contribution < -0.4 is 16.0 Å². The highest BCUT2D eigenvalue weighted by atomic mass is 32.1.